The largest absolute Gasteiger partial charge is 0.452 e. The third-order valence-corrected chi connectivity index (χ3v) is 5.54. The van der Waals surface area contributed by atoms with Crippen LogP contribution in [0.5, 0.6) is 0 Å². The quantitative estimate of drug-likeness (QED) is 0.793. The number of nitrogens with two attached hydrogens (primary N) is 1. The SMILES string of the molecule is C[C@@H]1CCC[C@@H](C)N1C(=O)COC(=O)c1cc(S(N)(=O)=O)ccc1Cl. The van der Waals surface area contributed by atoms with Crippen LogP contribution in [0.4, 0.5) is 0 Å². The van der Waals surface area contributed by atoms with E-state index in [4.69, 9.17) is 21.5 Å². The second kappa shape index (κ2) is 7.72. The predicted molar refractivity (Wildman–Crippen MR) is 92.7 cm³/mol. The molecule has 1 aliphatic heterocycles. The molecule has 1 fully saturated rings. The molecule has 1 aromatic carbocycles. The van der Waals surface area contributed by atoms with Gasteiger partial charge in [-0.3, -0.25) is 4.79 Å². The molecule has 1 saturated heterocycles. The van der Waals surface area contributed by atoms with Crippen molar-refractivity contribution in [1.82, 2.24) is 4.90 Å². The molecule has 0 radical (unpaired) electrons. The summed E-state index contributed by atoms with van der Waals surface area (Å²) in [4.78, 5) is 26.0. The second-order valence-corrected chi connectivity index (χ2v) is 8.16. The molecule has 0 saturated carbocycles. The third-order valence-electron chi connectivity index (χ3n) is 4.29. The number of rotatable bonds is 4. The summed E-state index contributed by atoms with van der Waals surface area (Å²) in [6.07, 6.45) is 2.88. The van der Waals surface area contributed by atoms with Crippen LogP contribution in [-0.2, 0) is 19.6 Å². The van der Waals surface area contributed by atoms with Crippen LogP contribution in [0.25, 0.3) is 0 Å². The van der Waals surface area contributed by atoms with Gasteiger partial charge in [-0.05, 0) is 51.3 Å². The van der Waals surface area contributed by atoms with Gasteiger partial charge in [0.25, 0.3) is 5.91 Å². The summed E-state index contributed by atoms with van der Waals surface area (Å²) in [5.41, 5.74) is -0.152. The van der Waals surface area contributed by atoms with Gasteiger partial charge in [0.1, 0.15) is 0 Å². The molecule has 1 heterocycles. The number of carbonyl (C=O) groups excluding carboxylic acids is 2. The van der Waals surface area contributed by atoms with E-state index in [0.717, 1.165) is 25.3 Å². The van der Waals surface area contributed by atoms with Crippen LogP contribution in [0, 0.1) is 0 Å². The van der Waals surface area contributed by atoms with Crippen LogP contribution in [0.15, 0.2) is 23.1 Å². The van der Waals surface area contributed by atoms with Crippen molar-refractivity contribution in [3.8, 4) is 0 Å². The molecule has 25 heavy (non-hydrogen) atoms. The maximum Gasteiger partial charge on any atom is 0.340 e. The highest BCUT2D eigenvalue weighted by atomic mass is 35.5. The molecule has 138 valence electrons. The lowest BCUT2D eigenvalue weighted by Gasteiger charge is -2.38. The van der Waals surface area contributed by atoms with Gasteiger partial charge in [-0.15, -0.1) is 0 Å². The Bertz CT molecular complexity index is 771. The average Bonchev–Trinajstić information content (AvgIpc) is 2.51. The fraction of sp³-hybridized carbons (Fsp3) is 0.500. The third kappa shape index (κ3) is 4.71. The number of nitrogens with zero attached hydrogens (tertiary/aromatic N) is 1. The number of likely N-dealkylation sites (tertiary alicyclic amines) is 1. The van der Waals surface area contributed by atoms with Crippen LogP contribution in [0.1, 0.15) is 43.5 Å². The van der Waals surface area contributed by atoms with E-state index >= 15 is 0 Å². The molecular weight excluding hydrogens is 368 g/mol. The smallest absolute Gasteiger partial charge is 0.340 e. The highest BCUT2D eigenvalue weighted by Crippen LogP contribution is 2.23. The Hall–Kier alpha value is -1.64. The van der Waals surface area contributed by atoms with Crippen LogP contribution in [0.2, 0.25) is 5.02 Å². The number of sulfonamides is 1. The molecule has 2 rings (SSSR count). The van der Waals surface area contributed by atoms with Gasteiger partial charge < -0.3 is 9.64 Å². The summed E-state index contributed by atoms with van der Waals surface area (Å²) in [5.74, 6) is -1.16. The van der Waals surface area contributed by atoms with E-state index in [1.165, 1.54) is 12.1 Å². The molecule has 0 unspecified atom stereocenters. The topological polar surface area (TPSA) is 107 Å². The number of primary sulfonamides is 1. The van der Waals surface area contributed by atoms with Gasteiger partial charge in [0, 0.05) is 12.1 Å². The van der Waals surface area contributed by atoms with Crippen LogP contribution < -0.4 is 5.14 Å². The fourth-order valence-corrected chi connectivity index (χ4v) is 3.76. The first-order valence-corrected chi connectivity index (χ1v) is 9.84. The Labute approximate surface area is 152 Å². The van der Waals surface area contributed by atoms with Crippen molar-refractivity contribution < 1.29 is 22.7 Å². The Kier molecular flexibility index (Phi) is 6.08. The normalized spacial score (nSPS) is 21.0. The van der Waals surface area contributed by atoms with Gasteiger partial charge in [-0.2, -0.15) is 0 Å². The molecule has 7 nitrogen and oxygen atoms in total. The van der Waals surface area contributed by atoms with Gasteiger partial charge in [0.15, 0.2) is 6.61 Å². The highest BCUT2D eigenvalue weighted by molar-refractivity contribution is 7.89. The molecule has 2 N–H and O–H groups in total. The van der Waals surface area contributed by atoms with Gasteiger partial charge in [0.05, 0.1) is 15.5 Å². The average molecular weight is 389 g/mol. The molecule has 0 bridgehead atoms. The zero-order valence-electron chi connectivity index (χ0n) is 14.1. The highest BCUT2D eigenvalue weighted by Gasteiger charge is 2.29. The van der Waals surface area contributed by atoms with E-state index in [0.29, 0.717) is 0 Å². The minimum Gasteiger partial charge on any atom is -0.452 e. The van der Waals surface area contributed by atoms with Gasteiger partial charge in [-0.25, -0.2) is 18.4 Å². The van der Waals surface area contributed by atoms with Gasteiger partial charge in [0.2, 0.25) is 10.0 Å². The van der Waals surface area contributed by atoms with Crippen molar-refractivity contribution in [2.24, 2.45) is 5.14 Å². The van der Waals surface area contributed by atoms with Crippen molar-refractivity contribution in [3.63, 3.8) is 0 Å². The van der Waals surface area contributed by atoms with E-state index in [2.05, 4.69) is 0 Å². The number of halogens is 1. The fourth-order valence-electron chi connectivity index (χ4n) is 3.03. The number of amides is 1. The lowest BCUT2D eigenvalue weighted by molar-refractivity contribution is -0.140. The summed E-state index contributed by atoms with van der Waals surface area (Å²) >= 11 is 5.92. The zero-order chi connectivity index (χ0) is 18.8. The number of hydrogen-bond acceptors (Lipinski definition) is 5. The first kappa shape index (κ1) is 19.7. The Balaban J connectivity index is 2.09. The van der Waals surface area contributed by atoms with Crippen LogP contribution in [0.3, 0.4) is 0 Å². The van der Waals surface area contributed by atoms with E-state index in [1.807, 2.05) is 13.8 Å². The summed E-state index contributed by atoms with van der Waals surface area (Å²) < 4.78 is 27.8. The van der Waals surface area contributed by atoms with Gasteiger partial charge in [-0.1, -0.05) is 11.6 Å². The van der Waals surface area contributed by atoms with E-state index < -0.39 is 22.6 Å². The van der Waals surface area contributed by atoms with Crippen molar-refractivity contribution in [2.75, 3.05) is 6.61 Å². The molecule has 9 heteroatoms. The number of hydrogen-bond donors (Lipinski definition) is 1. The maximum absolute atomic E-state index is 12.4. The summed E-state index contributed by atoms with van der Waals surface area (Å²) in [5, 5.41) is 5.06. The first-order valence-electron chi connectivity index (χ1n) is 7.92. The maximum atomic E-state index is 12.4. The Morgan fingerprint density at radius 2 is 1.88 bits per heavy atom. The molecule has 0 aromatic heterocycles. The van der Waals surface area contributed by atoms with Gasteiger partial charge >= 0.3 is 5.97 Å². The van der Waals surface area contributed by atoms with Crippen molar-refractivity contribution in [1.29, 1.82) is 0 Å². The zero-order valence-corrected chi connectivity index (χ0v) is 15.6. The number of piperidine rings is 1. The molecule has 1 aromatic rings. The van der Waals surface area contributed by atoms with E-state index in [9.17, 15) is 18.0 Å². The molecule has 0 spiro atoms. The number of ether oxygens (including phenoxy) is 1. The second-order valence-electron chi connectivity index (χ2n) is 6.19. The van der Waals surface area contributed by atoms with E-state index in [-0.39, 0.29) is 33.5 Å². The standard InChI is InChI=1S/C16H21ClN2O5S/c1-10-4-3-5-11(2)19(10)15(20)9-24-16(21)13-8-12(25(18,22)23)6-7-14(13)17/h6-8,10-11H,3-5,9H2,1-2H3,(H2,18,22,23)/t10-,11-/m1/s1. The predicted octanol–water partition coefficient (Wildman–Crippen LogP) is 1.93. The lowest BCUT2D eigenvalue weighted by Crippen LogP contribution is -2.49. The van der Waals surface area contributed by atoms with Crippen LogP contribution >= 0.6 is 11.6 Å². The number of benzene rings is 1. The molecule has 0 aliphatic carbocycles. The minimum atomic E-state index is -3.98. The van der Waals surface area contributed by atoms with Crippen molar-refractivity contribution in [3.05, 3.63) is 28.8 Å². The lowest BCUT2D eigenvalue weighted by atomic mass is 9.97. The van der Waals surface area contributed by atoms with Crippen molar-refractivity contribution in [2.45, 2.75) is 50.1 Å². The minimum absolute atomic E-state index is 0.0181. The molecule has 1 aliphatic rings. The summed E-state index contributed by atoms with van der Waals surface area (Å²) in [7, 11) is -3.98. The molecule has 1 amide bonds. The Morgan fingerprint density at radius 1 is 1.28 bits per heavy atom. The van der Waals surface area contributed by atoms with Crippen LogP contribution in [-0.4, -0.2) is 43.9 Å². The Morgan fingerprint density at radius 3 is 2.44 bits per heavy atom. The number of carbonyl (C=O) groups is 2. The molecular formula is C16H21ClN2O5S. The van der Waals surface area contributed by atoms with E-state index in [1.54, 1.807) is 4.90 Å². The molecule has 2 atom stereocenters. The van der Waals surface area contributed by atoms with Crippen molar-refractivity contribution >= 4 is 33.5 Å². The number of esters is 1. The summed E-state index contributed by atoms with van der Waals surface area (Å²) in [6.45, 7) is 3.49. The summed E-state index contributed by atoms with van der Waals surface area (Å²) in [6, 6.07) is 3.65. The monoisotopic (exact) mass is 388 g/mol. The first-order chi connectivity index (χ1) is 11.6.